The van der Waals surface area contributed by atoms with E-state index in [-0.39, 0.29) is 5.91 Å². The van der Waals surface area contributed by atoms with Crippen LogP contribution in [0.25, 0.3) is 0 Å². The van der Waals surface area contributed by atoms with Gasteiger partial charge in [-0.1, -0.05) is 33.1 Å². The Morgan fingerprint density at radius 1 is 1.25 bits per heavy atom. The standard InChI is InChI=1S/C10H20NO/c1-3-5-6-7-8-10(12)11-9-4-2/h9H,3-8H2,1-2H3,(H,11,12). The first kappa shape index (κ1) is 11.5. The Balaban J connectivity index is 3.08. The molecule has 2 nitrogen and oxygen atoms in total. The highest BCUT2D eigenvalue weighted by atomic mass is 16.1. The molecular formula is C10H20NO. The highest BCUT2D eigenvalue weighted by Gasteiger charge is 1.98. The van der Waals surface area contributed by atoms with Crippen molar-refractivity contribution in [1.29, 1.82) is 0 Å². The van der Waals surface area contributed by atoms with Crippen LogP contribution in [0.1, 0.15) is 52.4 Å². The van der Waals surface area contributed by atoms with Crippen LogP contribution in [0, 0.1) is 6.54 Å². The normalized spacial score (nSPS) is 9.83. The molecule has 2 heteroatoms. The van der Waals surface area contributed by atoms with Gasteiger partial charge in [0.15, 0.2) is 0 Å². The maximum absolute atomic E-state index is 11.0. The first-order valence-electron chi connectivity index (χ1n) is 4.92. The van der Waals surface area contributed by atoms with Crippen LogP contribution in [0.3, 0.4) is 0 Å². The molecule has 0 spiro atoms. The zero-order valence-electron chi connectivity index (χ0n) is 8.23. The molecule has 0 aromatic heterocycles. The van der Waals surface area contributed by atoms with Crippen molar-refractivity contribution in [1.82, 2.24) is 5.32 Å². The van der Waals surface area contributed by atoms with Crippen molar-refractivity contribution in [3.63, 3.8) is 0 Å². The molecule has 0 saturated carbocycles. The van der Waals surface area contributed by atoms with E-state index in [2.05, 4.69) is 12.2 Å². The summed E-state index contributed by atoms with van der Waals surface area (Å²) < 4.78 is 0. The number of carbonyl (C=O) groups is 1. The lowest BCUT2D eigenvalue weighted by Crippen LogP contribution is -2.19. The third-order valence-electron chi connectivity index (χ3n) is 1.72. The average Bonchev–Trinajstić information content (AvgIpc) is 2.09. The molecule has 0 heterocycles. The van der Waals surface area contributed by atoms with Gasteiger partial charge in [-0.05, 0) is 12.8 Å². The zero-order chi connectivity index (χ0) is 9.23. The summed E-state index contributed by atoms with van der Waals surface area (Å²) >= 11 is 0. The summed E-state index contributed by atoms with van der Waals surface area (Å²) in [6.45, 7) is 5.99. The molecule has 0 saturated heterocycles. The molecule has 0 fully saturated rings. The van der Waals surface area contributed by atoms with Crippen molar-refractivity contribution in [2.45, 2.75) is 52.4 Å². The lowest BCUT2D eigenvalue weighted by molar-refractivity contribution is -0.120. The number of hydrogen-bond acceptors (Lipinski definition) is 1. The van der Waals surface area contributed by atoms with E-state index in [0.29, 0.717) is 6.42 Å². The van der Waals surface area contributed by atoms with Crippen LogP contribution >= 0.6 is 0 Å². The monoisotopic (exact) mass is 170 g/mol. The summed E-state index contributed by atoms with van der Waals surface area (Å²) in [5.74, 6) is 0.160. The summed E-state index contributed by atoms with van der Waals surface area (Å²) in [5.41, 5.74) is 0. The fraction of sp³-hybridized carbons (Fsp3) is 0.800. The third kappa shape index (κ3) is 7.58. The highest BCUT2D eigenvalue weighted by molar-refractivity contribution is 5.76. The quantitative estimate of drug-likeness (QED) is 0.585. The van der Waals surface area contributed by atoms with Gasteiger partial charge in [0.1, 0.15) is 0 Å². The molecule has 0 aliphatic heterocycles. The van der Waals surface area contributed by atoms with Gasteiger partial charge in [0.05, 0.1) is 0 Å². The Hall–Kier alpha value is -0.530. The Bertz CT molecular complexity index is 112. The Labute approximate surface area is 75.7 Å². The van der Waals surface area contributed by atoms with Crippen LogP contribution in [-0.2, 0) is 4.79 Å². The van der Waals surface area contributed by atoms with Crippen LogP contribution < -0.4 is 5.32 Å². The second kappa shape index (κ2) is 8.57. The minimum absolute atomic E-state index is 0.160. The van der Waals surface area contributed by atoms with Gasteiger partial charge in [0.2, 0.25) is 5.91 Å². The van der Waals surface area contributed by atoms with Crippen molar-refractivity contribution in [3.8, 4) is 0 Å². The number of amides is 1. The van der Waals surface area contributed by atoms with Crippen LogP contribution in [0.5, 0.6) is 0 Å². The van der Waals surface area contributed by atoms with E-state index in [1.807, 2.05) is 13.5 Å². The Morgan fingerprint density at radius 3 is 2.58 bits per heavy atom. The average molecular weight is 170 g/mol. The first-order chi connectivity index (χ1) is 5.81. The molecule has 71 valence electrons. The predicted molar refractivity (Wildman–Crippen MR) is 51.5 cm³/mol. The van der Waals surface area contributed by atoms with Crippen molar-refractivity contribution in [3.05, 3.63) is 6.54 Å². The number of rotatable bonds is 7. The molecular weight excluding hydrogens is 150 g/mol. The highest BCUT2D eigenvalue weighted by Crippen LogP contribution is 2.01. The van der Waals surface area contributed by atoms with Gasteiger partial charge in [-0.3, -0.25) is 4.79 Å². The molecule has 1 amide bonds. The summed E-state index contributed by atoms with van der Waals surface area (Å²) in [4.78, 5) is 11.0. The lowest BCUT2D eigenvalue weighted by atomic mass is 10.1. The van der Waals surface area contributed by atoms with Crippen LogP contribution in [0.2, 0.25) is 0 Å². The van der Waals surface area contributed by atoms with Crippen LogP contribution in [0.15, 0.2) is 0 Å². The molecule has 0 bridgehead atoms. The maximum Gasteiger partial charge on any atom is 0.220 e. The maximum atomic E-state index is 11.0. The van der Waals surface area contributed by atoms with Crippen LogP contribution in [-0.4, -0.2) is 5.91 Å². The summed E-state index contributed by atoms with van der Waals surface area (Å²) in [5, 5.41) is 2.75. The van der Waals surface area contributed by atoms with E-state index in [1.54, 1.807) is 0 Å². The lowest BCUT2D eigenvalue weighted by Gasteiger charge is -2.01. The number of nitrogens with one attached hydrogen (secondary N) is 1. The van der Waals surface area contributed by atoms with Crippen molar-refractivity contribution < 1.29 is 4.79 Å². The minimum Gasteiger partial charge on any atom is -0.351 e. The summed E-state index contributed by atoms with van der Waals surface area (Å²) in [6.07, 6.45) is 6.25. The molecule has 0 aromatic rings. The zero-order valence-corrected chi connectivity index (χ0v) is 8.23. The van der Waals surface area contributed by atoms with E-state index in [4.69, 9.17) is 0 Å². The van der Waals surface area contributed by atoms with E-state index >= 15 is 0 Å². The molecule has 0 atom stereocenters. The van der Waals surface area contributed by atoms with Gasteiger partial charge in [0.25, 0.3) is 0 Å². The molecule has 0 aliphatic rings. The molecule has 0 aliphatic carbocycles. The molecule has 1 radical (unpaired) electrons. The van der Waals surface area contributed by atoms with Gasteiger partial charge in [-0.2, -0.15) is 0 Å². The second-order valence-corrected chi connectivity index (χ2v) is 2.99. The topological polar surface area (TPSA) is 29.1 Å². The number of hydrogen-bond donors (Lipinski definition) is 1. The first-order valence-corrected chi connectivity index (χ1v) is 4.92. The molecule has 0 aromatic carbocycles. The van der Waals surface area contributed by atoms with Crippen molar-refractivity contribution in [2.24, 2.45) is 0 Å². The van der Waals surface area contributed by atoms with Gasteiger partial charge >= 0.3 is 0 Å². The molecule has 0 unspecified atom stereocenters. The van der Waals surface area contributed by atoms with Crippen molar-refractivity contribution >= 4 is 5.91 Å². The summed E-state index contributed by atoms with van der Waals surface area (Å²) in [6, 6.07) is 0. The van der Waals surface area contributed by atoms with Gasteiger partial charge in [0, 0.05) is 13.0 Å². The minimum atomic E-state index is 0.160. The predicted octanol–water partition coefficient (Wildman–Crippen LogP) is 2.64. The Morgan fingerprint density at radius 2 is 2.00 bits per heavy atom. The molecule has 0 rings (SSSR count). The fourth-order valence-electron chi connectivity index (χ4n) is 1.00. The van der Waals surface area contributed by atoms with Gasteiger partial charge in [-0.15, -0.1) is 0 Å². The molecule has 1 N–H and O–H groups in total. The van der Waals surface area contributed by atoms with E-state index in [0.717, 1.165) is 12.8 Å². The largest absolute Gasteiger partial charge is 0.351 e. The smallest absolute Gasteiger partial charge is 0.220 e. The molecule has 12 heavy (non-hydrogen) atoms. The fourth-order valence-corrected chi connectivity index (χ4v) is 1.00. The van der Waals surface area contributed by atoms with E-state index in [1.165, 1.54) is 19.3 Å². The number of unbranched alkanes of at least 4 members (excludes halogenated alkanes) is 3. The SMILES string of the molecule is CC[CH]NC(=O)CCCCCC. The van der Waals surface area contributed by atoms with Crippen molar-refractivity contribution in [2.75, 3.05) is 0 Å². The van der Waals surface area contributed by atoms with Gasteiger partial charge in [-0.25, -0.2) is 0 Å². The third-order valence-corrected chi connectivity index (χ3v) is 1.72. The van der Waals surface area contributed by atoms with Gasteiger partial charge < -0.3 is 5.32 Å². The van der Waals surface area contributed by atoms with E-state index in [9.17, 15) is 4.79 Å². The second-order valence-electron chi connectivity index (χ2n) is 2.99. The summed E-state index contributed by atoms with van der Waals surface area (Å²) in [7, 11) is 0. The number of carbonyl (C=O) groups excluding carboxylic acids is 1. The van der Waals surface area contributed by atoms with E-state index < -0.39 is 0 Å². The Kier molecular flexibility index (Phi) is 8.19. The van der Waals surface area contributed by atoms with Crippen LogP contribution in [0.4, 0.5) is 0 Å².